The molecular formula is C16H19N3OS. The number of rotatable bonds is 3. The summed E-state index contributed by atoms with van der Waals surface area (Å²) in [6, 6.07) is 7.89. The van der Waals surface area contributed by atoms with Gasteiger partial charge in [-0.1, -0.05) is 18.2 Å². The Bertz CT molecular complexity index is 655. The number of para-hydroxylation sites is 1. The Morgan fingerprint density at radius 1 is 1.43 bits per heavy atom. The largest absolute Gasteiger partial charge is 0.373 e. The summed E-state index contributed by atoms with van der Waals surface area (Å²) in [5.41, 5.74) is 3.28. The molecule has 0 fully saturated rings. The lowest BCUT2D eigenvalue weighted by atomic mass is 10.1. The maximum Gasteiger partial charge on any atom is 0.243 e. The van der Waals surface area contributed by atoms with Gasteiger partial charge in [0.05, 0.1) is 16.7 Å². The van der Waals surface area contributed by atoms with Crippen molar-refractivity contribution in [2.24, 2.45) is 0 Å². The normalized spacial score (nSPS) is 18.0. The van der Waals surface area contributed by atoms with Gasteiger partial charge in [-0.3, -0.25) is 4.79 Å². The molecule has 0 saturated heterocycles. The smallest absolute Gasteiger partial charge is 0.243 e. The average Bonchev–Trinajstić information content (AvgIpc) is 3.01. The van der Waals surface area contributed by atoms with Crippen molar-refractivity contribution < 1.29 is 4.79 Å². The average molecular weight is 301 g/mol. The van der Waals surface area contributed by atoms with Crippen LogP contribution >= 0.6 is 11.3 Å². The van der Waals surface area contributed by atoms with E-state index in [4.69, 9.17) is 0 Å². The lowest BCUT2D eigenvalue weighted by molar-refractivity contribution is -0.122. The van der Waals surface area contributed by atoms with Gasteiger partial charge >= 0.3 is 0 Å². The number of fused-ring (bicyclic) bond motifs is 1. The number of nitrogens with one attached hydrogen (secondary N) is 2. The molecule has 1 aliphatic heterocycles. The Morgan fingerprint density at radius 3 is 2.86 bits per heavy atom. The summed E-state index contributed by atoms with van der Waals surface area (Å²) >= 11 is 1.65. The summed E-state index contributed by atoms with van der Waals surface area (Å²) in [6.07, 6.45) is 0.745. The highest BCUT2D eigenvalue weighted by Gasteiger charge is 2.27. The molecule has 5 heteroatoms. The maximum atomic E-state index is 12.4. The predicted molar refractivity (Wildman–Crippen MR) is 85.7 cm³/mol. The second-order valence-electron chi connectivity index (χ2n) is 5.47. The van der Waals surface area contributed by atoms with Gasteiger partial charge < -0.3 is 10.6 Å². The summed E-state index contributed by atoms with van der Waals surface area (Å²) in [6.45, 7) is 6.00. The highest BCUT2D eigenvalue weighted by atomic mass is 32.1. The van der Waals surface area contributed by atoms with Gasteiger partial charge in [-0.05, 0) is 32.4 Å². The van der Waals surface area contributed by atoms with E-state index in [0.717, 1.165) is 27.7 Å². The van der Waals surface area contributed by atoms with Crippen molar-refractivity contribution in [1.82, 2.24) is 10.3 Å². The molecular weight excluding hydrogens is 282 g/mol. The van der Waals surface area contributed by atoms with E-state index >= 15 is 0 Å². The number of nitrogens with zero attached hydrogens (tertiary/aromatic N) is 1. The quantitative estimate of drug-likeness (QED) is 0.916. The van der Waals surface area contributed by atoms with Gasteiger partial charge in [0.2, 0.25) is 5.91 Å². The monoisotopic (exact) mass is 301 g/mol. The summed E-state index contributed by atoms with van der Waals surface area (Å²) in [7, 11) is 0. The van der Waals surface area contributed by atoms with Gasteiger partial charge in [0.15, 0.2) is 0 Å². The number of thiazole rings is 1. The molecule has 21 heavy (non-hydrogen) atoms. The van der Waals surface area contributed by atoms with Crippen molar-refractivity contribution in [3.63, 3.8) is 0 Å². The number of hydrogen-bond donors (Lipinski definition) is 2. The zero-order valence-corrected chi connectivity index (χ0v) is 13.3. The van der Waals surface area contributed by atoms with E-state index in [1.54, 1.807) is 11.3 Å². The number of anilines is 1. The van der Waals surface area contributed by atoms with Gasteiger partial charge in [0, 0.05) is 17.0 Å². The molecule has 1 aromatic heterocycles. The standard InChI is InChI=1S/C16H19N3OS/c1-9-15(21-11(3)17-9)10(2)18-16(20)14-8-12-6-4-5-7-13(12)19-14/h4-7,10,14,19H,8H2,1-3H3,(H,18,20)/t10?,14-/m0/s1. The molecule has 3 rings (SSSR count). The number of aromatic nitrogens is 1. The Labute approximate surface area is 128 Å². The first-order valence-electron chi connectivity index (χ1n) is 7.13. The van der Waals surface area contributed by atoms with Gasteiger partial charge in [0.1, 0.15) is 6.04 Å². The van der Waals surface area contributed by atoms with Crippen molar-refractivity contribution in [2.45, 2.75) is 39.3 Å². The molecule has 110 valence electrons. The molecule has 0 radical (unpaired) electrons. The van der Waals surface area contributed by atoms with Gasteiger partial charge in [-0.15, -0.1) is 11.3 Å². The second-order valence-corrected chi connectivity index (χ2v) is 6.71. The predicted octanol–water partition coefficient (Wildman–Crippen LogP) is 2.97. The number of carbonyl (C=O) groups is 1. The van der Waals surface area contributed by atoms with Gasteiger partial charge in [0.25, 0.3) is 0 Å². The van der Waals surface area contributed by atoms with Crippen LogP contribution in [0.2, 0.25) is 0 Å². The van der Waals surface area contributed by atoms with Crippen LogP contribution in [-0.2, 0) is 11.2 Å². The fraction of sp³-hybridized carbons (Fsp3) is 0.375. The maximum absolute atomic E-state index is 12.4. The molecule has 0 spiro atoms. The van der Waals surface area contributed by atoms with Crippen LogP contribution in [0.3, 0.4) is 0 Å². The van der Waals surface area contributed by atoms with Gasteiger partial charge in [-0.25, -0.2) is 4.98 Å². The lowest BCUT2D eigenvalue weighted by Gasteiger charge is -2.17. The fourth-order valence-corrected chi connectivity index (χ4v) is 3.71. The molecule has 2 N–H and O–H groups in total. The van der Waals surface area contributed by atoms with Crippen molar-refractivity contribution in [1.29, 1.82) is 0 Å². The molecule has 1 aliphatic rings. The van der Waals surface area contributed by atoms with E-state index in [9.17, 15) is 4.79 Å². The molecule has 0 bridgehead atoms. The molecule has 1 amide bonds. The Hall–Kier alpha value is -1.88. The Balaban J connectivity index is 1.67. The summed E-state index contributed by atoms with van der Waals surface area (Å²) in [5, 5.41) is 7.42. The minimum atomic E-state index is -0.181. The zero-order valence-electron chi connectivity index (χ0n) is 12.4. The molecule has 1 unspecified atom stereocenters. The summed E-state index contributed by atoms with van der Waals surface area (Å²) < 4.78 is 0. The highest BCUT2D eigenvalue weighted by molar-refractivity contribution is 7.11. The van der Waals surface area contributed by atoms with Crippen LogP contribution in [0.5, 0.6) is 0 Å². The van der Waals surface area contributed by atoms with Crippen LogP contribution in [0, 0.1) is 13.8 Å². The first-order chi connectivity index (χ1) is 10.0. The van der Waals surface area contributed by atoms with E-state index in [2.05, 4.69) is 21.7 Å². The Kier molecular flexibility index (Phi) is 3.68. The van der Waals surface area contributed by atoms with Crippen molar-refractivity contribution in [3.8, 4) is 0 Å². The summed E-state index contributed by atoms with van der Waals surface area (Å²) in [5.74, 6) is 0.0455. The van der Waals surface area contributed by atoms with Gasteiger partial charge in [-0.2, -0.15) is 0 Å². The van der Waals surface area contributed by atoms with Crippen LogP contribution in [0.15, 0.2) is 24.3 Å². The van der Waals surface area contributed by atoms with E-state index in [0.29, 0.717) is 0 Å². The minimum absolute atomic E-state index is 0.00536. The SMILES string of the molecule is Cc1nc(C)c(C(C)NC(=O)[C@@H]2Cc3ccccc3N2)s1. The zero-order chi connectivity index (χ0) is 15.0. The number of benzene rings is 1. The summed E-state index contributed by atoms with van der Waals surface area (Å²) in [4.78, 5) is 18.0. The molecule has 2 heterocycles. The highest BCUT2D eigenvalue weighted by Crippen LogP contribution is 2.27. The minimum Gasteiger partial charge on any atom is -0.373 e. The van der Waals surface area contributed by atoms with Crippen LogP contribution in [0.1, 0.15) is 34.1 Å². The van der Waals surface area contributed by atoms with Crippen LogP contribution in [0.25, 0.3) is 0 Å². The van der Waals surface area contributed by atoms with Crippen LogP contribution in [0.4, 0.5) is 5.69 Å². The molecule has 1 aromatic carbocycles. The molecule has 2 aromatic rings. The first-order valence-corrected chi connectivity index (χ1v) is 7.95. The topological polar surface area (TPSA) is 54.0 Å². The first kappa shape index (κ1) is 14.1. The molecule has 0 saturated carbocycles. The van der Waals surface area contributed by atoms with E-state index in [1.165, 1.54) is 5.56 Å². The number of hydrogen-bond acceptors (Lipinski definition) is 4. The van der Waals surface area contributed by atoms with Crippen molar-refractivity contribution in [3.05, 3.63) is 45.4 Å². The van der Waals surface area contributed by atoms with E-state index in [-0.39, 0.29) is 18.0 Å². The van der Waals surface area contributed by atoms with Crippen molar-refractivity contribution in [2.75, 3.05) is 5.32 Å². The third-order valence-electron chi connectivity index (χ3n) is 3.78. The van der Waals surface area contributed by atoms with Crippen molar-refractivity contribution >= 4 is 22.9 Å². The van der Waals surface area contributed by atoms with E-state index in [1.807, 2.05) is 39.0 Å². The van der Waals surface area contributed by atoms with E-state index < -0.39 is 0 Å². The Morgan fingerprint density at radius 2 is 2.19 bits per heavy atom. The second kappa shape index (κ2) is 5.48. The number of aryl methyl sites for hydroxylation is 2. The van der Waals surface area contributed by atoms with Crippen LogP contribution < -0.4 is 10.6 Å². The third-order valence-corrected chi connectivity index (χ3v) is 5.03. The third kappa shape index (κ3) is 2.78. The number of amides is 1. The fourth-order valence-electron chi connectivity index (χ4n) is 2.78. The molecule has 4 nitrogen and oxygen atoms in total. The van der Waals surface area contributed by atoms with Crippen LogP contribution in [-0.4, -0.2) is 16.9 Å². The molecule has 2 atom stereocenters. The lowest BCUT2D eigenvalue weighted by Crippen LogP contribution is -2.39. The molecule has 0 aliphatic carbocycles. The number of carbonyl (C=O) groups excluding carboxylic acids is 1.